The molecule has 0 radical (unpaired) electrons. The fraction of sp³-hybridized carbons (Fsp3) is 0.400. The minimum atomic E-state index is -1.23. The van der Waals surface area contributed by atoms with Crippen molar-refractivity contribution in [1.29, 1.82) is 0 Å². The van der Waals surface area contributed by atoms with E-state index in [9.17, 15) is 14.4 Å². The molecule has 3 heterocycles. The first-order valence-electron chi connectivity index (χ1n) is 11.0. The minimum Gasteiger partial charge on any atom is -0.497 e. The number of aryl methyl sites for hydroxylation is 1. The summed E-state index contributed by atoms with van der Waals surface area (Å²) in [5.41, 5.74) is 2.03. The van der Waals surface area contributed by atoms with E-state index < -0.39 is 17.4 Å². The van der Waals surface area contributed by atoms with Crippen molar-refractivity contribution in [3.63, 3.8) is 0 Å². The molecule has 1 spiro atoms. The van der Waals surface area contributed by atoms with Crippen LogP contribution in [0.5, 0.6) is 5.75 Å². The second-order valence-electron chi connectivity index (χ2n) is 9.29. The Bertz CT molecular complexity index is 1130. The number of methoxy groups -OCH3 is 1. The highest BCUT2D eigenvalue weighted by molar-refractivity contribution is 6.15. The number of nitrogens with zero attached hydrogens (tertiary/aromatic N) is 1. The number of anilines is 1. The predicted molar refractivity (Wildman–Crippen MR) is 119 cm³/mol. The van der Waals surface area contributed by atoms with Crippen molar-refractivity contribution in [3.8, 4) is 5.75 Å². The normalized spacial score (nSPS) is 28.5. The van der Waals surface area contributed by atoms with Gasteiger partial charge in [0.05, 0.1) is 25.5 Å². The van der Waals surface area contributed by atoms with Gasteiger partial charge in [-0.3, -0.25) is 24.6 Å². The van der Waals surface area contributed by atoms with Gasteiger partial charge < -0.3 is 10.1 Å². The molecule has 2 N–H and O–H groups in total. The smallest absolute Gasteiger partial charge is 0.250 e. The molecule has 0 aliphatic carbocycles. The second-order valence-corrected chi connectivity index (χ2v) is 9.29. The molecule has 0 aromatic heterocycles. The van der Waals surface area contributed by atoms with Crippen LogP contribution in [-0.4, -0.2) is 35.8 Å². The molecule has 2 saturated heterocycles. The SMILES string of the molecule is COc1ccc(CN2C(=O)[C@@H]3[C@@H](C(C)C)N[C@]4(C(=O)Nc5c(C)cccc54)[C@@H]3C2=O)cc1. The summed E-state index contributed by atoms with van der Waals surface area (Å²) in [5.74, 6) is -1.35. The number of hydrogen-bond acceptors (Lipinski definition) is 5. The lowest BCUT2D eigenvalue weighted by atomic mass is 9.75. The summed E-state index contributed by atoms with van der Waals surface area (Å²) in [5, 5.41) is 6.45. The van der Waals surface area contributed by atoms with Crippen LogP contribution >= 0.6 is 0 Å². The maximum absolute atomic E-state index is 13.8. The van der Waals surface area contributed by atoms with E-state index in [0.29, 0.717) is 5.75 Å². The highest BCUT2D eigenvalue weighted by atomic mass is 16.5. The number of para-hydroxylation sites is 1. The first-order valence-corrected chi connectivity index (χ1v) is 11.0. The number of carbonyl (C=O) groups excluding carboxylic acids is 3. The van der Waals surface area contributed by atoms with Gasteiger partial charge in [-0.15, -0.1) is 0 Å². The number of fused-ring (bicyclic) bond motifs is 4. The zero-order valence-corrected chi connectivity index (χ0v) is 18.6. The third kappa shape index (κ3) is 2.67. The first kappa shape index (κ1) is 20.7. The molecule has 0 unspecified atom stereocenters. The molecule has 4 atom stereocenters. The third-order valence-electron chi connectivity index (χ3n) is 7.20. The van der Waals surface area contributed by atoms with Gasteiger partial charge in [-0.25, -0.2) is 0 Å². The molecule has 0 saturated carbocycles. The molecule has 3 amide bonds. The van der Waals surface area contributed by atoms with Gasteiger partial charge in [-0.05, 0) is 36.1 Å². The van der Waals surface area contributed by atoms with Gasteiger partial charge in [0.1, 0.15) is 11.3 Å². The average molecular weight is 434 g/mol. The summed E-state index contributed by atoms with van der Waals surface area (Å²) >= 11 is 0. The van der Waals surface area contributed by atoms with Gasteiger partial charge in [0, 0.05) is 17.3 Å². The van der Waals surface area contributed by atoms with E-state index in [0.717, 1.165) is 22.4 Å². The predicted octanol–water partition coefficient (Wildman–Crippen LogP) is 2.58. The van der Waals surface area contributed by atoms with E-state index in [-0.39, 0.29) is 36.2 Å². The molecule has 7 nitrogen and oxygen atoms in total. The lowest BCUT2D eigenvalue weighted by Crippen LogP contribution is -2.53. The first-order chi connectivity index (χ1) is 15.3. The number of imide groups is 1. The van der Waals surface area contributed by atoms with Crippen LogP contribution in [0.15, 0.2) is 42.5 Å². The number of rotatable bonds is 4. The van der Waals surface area contributed by atoms with Crippen molar-refractivity contribution >= 4 is 23.4 Å². The number of ether oxygens (including phenoxy) is 1. The van der Waals surface area contributed by atoms with Crippen LogP contribution in [0.3, 0.4) is 0 Å². The highest BCUT2D eigenvalue weighted by Crippen LogP contribution is 2.54. The molecule has 3 aliphatic rings. The number of carbonyl (C=O) groups is 3. The number of likely N-dealkylation sites (tertiary alicyclic amines) is 1. The molecule has 5 rings (SSSR count). The summed E-state index contributed by atoms with van der Waals surface area (Å²) < 4.78 is 5.20. The summed E-state index contributed by atoms with van der Waals surface area (Å²) in [6.07, 6.45) is 0. The van der Waals surface area contributed by atoms with E-state index >= 15 is 0 Å². The van der Waals surface area contributed by atoms with Crippen molar-refractivity contribution < 1.29 is 19.1 Å². The van der Waals surface area contributed by atoms with Crippen molar-refractivity contribution in [2.75, 3.05) is 12.4 Å². The maximum atomic E-state index is 13.8. The Morgan fingerprint density at radius 2 is 1.78 bits per heavy atom. The van der Waals surface area contributed by atoms with Gasteiger partial charge in [0.2, 0.25) is 17.7 Å². The summed E-state index contributed by atoms with van der Waals surface area (Å²) in [6.45, 7) is 6.14. The number of nitrogens with one attached hydrogen (secondary N) is 2. The van der Waals surface area contributed by atoms with Crippen LogP contribution in [0.1, 0.15) is 30.5 Å². The van der Waals surface area contributed by atoms with Crippen molar-refractivity contribution in [1.82, 2.24) is 10.2 Å². The summed E-state index contributed by atoms with van der Waals surface area (Å²) in [6, 6.07) is 12.7. The maximum Gasteiger partial charge on any atom is 0.250 e. The van der Waals surface area contributed by atoms with Crippen LogP contribution in [-0.2, 0) is 26.5 Å². The van der Waals surface area contributed by atoms with Gasteiger partial charge >= 0.3 is 0 Å². The summed E-state index contributed by atoms with van der Waals surface area (Å²) in [4.78, 5) is 42.1. The molecular weight excluding hydrogens is 406 g/mol. The Balaban J connectivity index is 1.58. The quantitative estimate of drug-likeness (QED) is 0.724. The van der Waals surface area contributed by atoms with E-state index in [2.05, 4.69) is 10.6 Å². The minimum absolute atomic E-state index is 0.0706. The topological polar surface area (TPSA) is 87.7 Å². The third-order valence-corrected chi connectivity index (χ3v) is 7.20. The van der Waals surface area contributed by atoms with Crippen molar-refractivity contribution in [2.24, 2.45) is 17.8 Å². The van der Waals surface area contributed by atoms with Gasteiger partial charge in [0.15, 0.2) is 0 Å². The molecule has 2 fully saturated rings. The monoisotopic (exact) mass is 433 g/mol. The second kappa shape index (κ2) is 7.17. The molecule has 166 valence electrons. The molecule has 0 bridgehead atoms. The van der Waals surface area contributed by atoms with Gasteiger partial charge in [-0.1, -0.05) is 44.2 Å². The molecule has 7 heteroatoms. The fourth-order valence-electron chi connectivity index (χ4n) is 5.61. The van der Waals surface area contributed by atoms with Crippen LogP contribution in [0, 0.1) is 24.7 Å². The Labute approximate surface area is 187 Å². The van der Waals surface area contributed by atoms with Crippen LogP contribution in [0.2, 0.25) is 0 Å². The Hall–Kier alpha value is -3.19. The molecule has 2 aromatic carbocycles. The molecular formula is C25H27N3O4. The van der Waals surface area contributed by atoms with E-state index in [1.165, 1.54) is 4.90 Å². The van der Waals surface area contributed by atoms with E-state index in [4.69, 9.17) is 4.74 Å². The van der Waals surface area contributed by atoms with Gasteiger partial charge in [0.25, 0.3) is 0 Å². The molecule has 2 aromatic rings. The number of hydrogen-bond donors (Lipinski definition) is 2. The van der Waals surface area contributed by atoms with E-state index in [1.54, 1.807) is 7.11 Å². The van der Waals surface area contributed by atoms with Gasteiger partial charge in [-0.2, -0.15) is 0 Å². The Morgan fingerprint density at radius 1 is 1.06 bits per heavy atom. The molecule has 3 aliphatic heterocycles. The van der Waals surface area contributed by atoms with Crippen molar-refractivity contribution in [2.45, 2.75) is 38.9 Å². The largest absolute Gasteiger partial charge is 0.497 e. The number of benzene rings is 2. The Kier molecular flexibility index (Phi) is 4.64. The van der Waals surface area contributed by atoms with Crippen molar-refractivity contribution in [3.05, 3.63) is 59.2 Å². The van der Waals surface area contributed by atoms with E-state index in [1.807, 2.05) is 63.2 Å². The number of amides is 3. The lowest BCUT2D eigenvalue weighted by Gasteiger charge is -2.30. The fourth-order valence-corrected chi connectivity index (χ4v) is 5.61. The van der Waals surface area contributed by atoms with Crippen LogP contribution < -0.4 is 15.4 Å². The standard InChI is InChI=1S/C25H27N3O4/c1-13(2)20-18-19(25(27-20)17-7-5-6-14(3)21(17)26-24(25)31)23(30)28(22(18)29)12-15-8-10-16(32-4)11-9-15/h5-11,13,18-20,27H,12H2,1-4H3,(H,26,31)/t18-,19-,20+,25-/m0/s1. The highest BCUT2D eigenvalue weighted by Gasteiger charge is 2.70. The Morgan fingerprint density at radius 3 is 2.44 bits per heavy atom. The molecule has 32 heavy (non-hydrogen) atoms. The van der Waals surface area contributed by atoms with Crippen LogP contribution in [0.25, 0.3) is 0 Å². The summed E-state index contributed by atoms with van der Waals surface area (Å²) in [7, 11) is 1.59. The van der Waals surface area contributed by atoms with Crippen LogP contribution in [0.4, 0.5) is 5.69 Å². The lowest BCUT2D eigenvalue weighted by molar-refractivity contribution is -0.143. The average Bonchev–Trinajstić information content (AvgIpc) is 3.36. The zero-order chi connectivity index (χ0) is 22.8. The zero-order valence-electron chi connectivity index (χ0n) is 18.6.